The van der Waals surface area contributed by atoms with E-state index < -0.39 is 5.91 Å². The second-order valence-electron chi connectivity index (χ2n) is 3.04. The van der Waals surface area contributed by atoms with Crippen LogP contribution in [-0.4, -0.2) is 11.7 Å². The van der Waals surface area contributed by atoms with Gasteiger partial charge in [-0.05, 0) is 19.8 Å². The molecule has 14 heavy (non-hydrogen) atoms. The fourth-order valence-electron chi connectivity index (χ4n) is 1.34. The zero-order chi connectivity index (χ0) is 10.6. The molecule has 0 radical (unpaired) electrons. The Morgan fingerprint density at radius 1 is 1.43 bits per heavy atom. The summed E-state index contributed by atoms with van der Waals surface area (Å²) in [5, 5.41) is 0. The molecule has 3 nitrogen and oxygen atoms in total. The highest BCUT2D eigenvalue weighted by atomic mass is 16.2. The number of hydrogen-bond donors (Lipinski definition) is 1. The van der Waals surface area contributed by atoms with Crippen molar-refractivity contribution in [2.75, 3.05) is 0 Å². The first kappa shape index (κ1) is 10.4. The molecule has 0 fully saturated rings. The van der Waals surface area contributed by atoms with E-state index in [9.17, 15) is 9.59 Å². The number of ketones is 1. The van der Waals surface area contributed by atoms with Crippen LogP contribution in [0, 0.1) is 0 Å². The third-order valence-electron chi connectivity index (χ3n) is 2.10. The van der Waals surface area contributed by atoms with Gasteiger partial charge < -0.3 is 5.73 Å². The lowest BCUT2D eigenvalue weighted by atomic mass is 9.96. The predicted octanol–water partition coefficient (Wildman–Crippen LogP) is 1.26. The highest BCUT2D eigenvalue weighted by molar-refractivity contribution is 6.25. The maximum absolute atomic E-state index is 11.7. The number of Topliss-reactive ketones (excluding diaryl/α,β-unsaturated/α-hetero) is 1. The maximum atomic E-state index is 11.7. The molecule has 0 spiro atoms. The van der Waals surface area contributed by atoms with Crippen LogP contribution in [0.5, 0.6) is 0 Å². The van der Waals surface area contributed by atoms with Gasteiger partial charge in [0.2, 0.25) is 0 Å². The smallest absolute Gasteiger partial charge is 0.252 e. The Morgan fingerprint density at radius 2 is 2.14 bits per heavy atom. The lowest BCUT2D eigenvalue weighted by Crippen LogP contribution is -2.22. The Bertz CT molecular complexity index is 348. The van der Waals surface area contributed by atoms with Crippen LogP contribution in [0.15, 0.2) is 35.5 Å². The monoisotopic (exact) mass is 191 g/mol. The van der Waals surface area contributed by atoms with Crippen molar-refractivity contribution in [2.45, 2.75) is 19.8 Å². The molecule has 1 aliphatic carbocycles. The van der Waals surface area contributed by atoms with Gasteiger partial charge in [0.05, 0.1) is 5.57 Å². The van der Waals surface area contributed by atoms with Crippen molar-refractivity contribution in [3.05, 3.63) is 35.5 Å². The Kier molecular flexibility index (Phi) is 3.40. The van der Waals surface area contributed by atoms with Crippen LogP contribution in [0.4, 0.5) is 0 Å². The van der Waals surface area contributed by atoms with Crippen molar-refractivity contribution in [3.63, 3.8) is 0 Å². The molecule has 0 unspecified atom stereocenters. The van der Waals surface area contributed by atoms with Crippen LogP contribution >= 0.6 is 0 Å². The average molecular weight is 191 g/mol. The largest absolute Gasteiger partial charge is 0.365 e. The van der Waals surface area contributed by atoms with E-state index in [4.69, 9.17) is 5.73 Å². The highest BCUT2D eigenvalue weighted by Gasteiger charge is 2.18. The first-order chi connectivity index (χ1) is 6.66. The van der Waals surface area contributed by atoms with E-state index in [1.54, 1.807) is 6.92 Å². The Labute approximate surface area is 83.0 Å². The summed E-state index contributed by atoms with van der Waals surface area (Å²) in [6, 6.07) is 0. The number of allylic oxidation sites excluding steroid dienone is 5. The second kappa shape index (κ2) is 4.56. The molecule has 0 aliphatic heterocycles. The normalized spacial score (nSPS) is 16.4. The van der Waals surface area contributed by atoms with Crippen molar-refractivity contribution >= 4 is 11.7 Å². The van der Waals surface area contributed by atoms with Crippen LogP contribution < -0.4 is 5.73 Å². The predicted molar refractivity (Wildman–Crippen MR) is 54.4 cm³/mol. The number of hydrogen-bond acceptors (Lipinski definition) is 2. The molecule has 1 rings (SSSR count). The van der Waals surface area contributed by atoms with Crippen molar-refractivity contribution in [3.8, 4) is 0 Å². The van der Waals surface area contributed by atoms with Crippen LogP contribution in [0.25, 0.3) is 0 Å². The molecule has 74 valence electrons. The van der Waals surface area contributed by atoms with Gasteiger partial charge in [-0.15, -0.1) is 0 Å². The number of nitrogens with two attached hydrogens (primary N) is 1. The number of carbonyl (C=O) groups excluding carboxylic acids is 2. The first-order valence-electron chi connectivity index (χ1n) is 4.51. The van der Waals surface area contributed by atoms with Crippen LogP contribution in [0.1, 0.15) is 19.8 Å². The zero-order valence-corrected chi connectivity index (χ0v) is 8.12. The topological polar surface area (TPSA) is 60.2 Å². The van der Waals surface area contributed by atoms with Crippen LogP contribution in [0.3, 0.4) is 0 Å². The van der Waals surface area contributed by atoms with Crippen molar-refractivity contribution in [2.24, 2.45) is 5.73 Å². The average Bonchev–Trinajstić information content (AvgIpc) is 2.19. The summed E-state index contributed by atoms with van der Waals surface area (Å²) < 4.78 is 0. The molecule has 0 atom stereocenters. The van der Waals surface area contributed by atoms with Gasteiger partial charge >= 0.3 is 0 Å². The van der Waals surface area contributed by atoms with E-state index in [0.29, 0.717) is 12.0 Å². The molecule has 3 heteroatoms. The standard InChI is InChI=1S/C11H13NO2/c1-2-9(11(12)14)10(13)8-6-4-3-5-7-8/h2-4,7H,5-6H2,1H3,(H2,12,14)/b9-2-. The summed E-state index contributed by atoms with van der Waals surface area (Å²) in [6.45, 7) is 1.64. The van der Waals surface area contributed by atoms with E-state index in [2.05, 4.69) is 0 Å². The van der Waals surface area contributed by atoms with Gasteiger partial charge in [0.15, 0.2) is 5.78 Å². The van der Waals surface area contributed by atoms with Gasteiger partial charge in [-0.25, -0.2) is 0 Å². The highest BCUT2D eigenvalue weighted by Crippen LogP contribution is 2.15. The van der Waals surface area contributed by atoms with Crippen molar-refractivity contribution < 1.29 is 9.59 Å². The number of amides is 1. The maximum Gasteiger partial charge on any atom is 0.252 e. The molecule has 0 heterocycles. The summed E-state index contributed by atoms with van der Waals surface area (Å²) in [6.07, 6.45) is 8.52. The third-order valence-corrected chi connectivity index (χ3v) is 2.10. The second-order valence-corrected chi connectivity index (χ2v) is 3.04. The molecule has 2 N–H and O–H groups in total. The van der Waals surface area contributed by atoms with Gasteiger partial charge in [0.1, 0.15) is 0 Å². The molecule has 1 amide bonds. The molecule has 1 aliphatic rings. The Hall–Kier alpha value is -1.64. The van der Waals surface area contributed by atoms with Gasteiger partial charge in [-0.1, -0.05) is 24.3 Å². The van der Waals surface area contributed by atoms with E-state index in [1.807, 2.05) is 18.2 Å². The van der Waals surface area contributed by atoms with E-state index in [1.165, 1.54) is 6.08 Å². The minimum atomic E-state index is -0.659. The fraction of sp³-hybridized carbons (Fsp3) is 0.273. The Morgan fingerprint density at radius 3 is 2.57 bits per heavy atom. The third kappa shape index (κ3) is 2.19. The van der Waals surface area contributed by atoms with Gasteiger partial charge in [-0.3, -0.25) is 9.59 Å². The van der Waals surface area contributed by atoms with Crippen LogP contribution in [0.2, 0.25) is 0 Å². The van der Waals surface area contributed by atoms with E-state index in [0.717, 1.165) is 6.42 Å². The summed E-state index contributed by atoms with van der Waals surface area (Å²) in [4.78, 5) is 22.6. The van der Waals surface area contributed by atoms with Gasteiger partial charge in [0.25, 0.3) is 5.91 Å². The molecule has 0 saturated carbocycles. The van der Waals surface area contributed by atoms with E-state index >= 15 is 0 Å². The lowest BCUT2D eigenvalue weighted by Gasteiger charge is -2.07. The summed E-state index contributed by atoms with van der Waals surface area (Å²) in [5.74, 6) is -0.905. The minimum absolute atomic E-state index is 0.0755. The Balaban J connectivity index is 2.84. The molecule has 0 saturated heterocycles. The quantitative estimate of drug-likeness (QED) is 0.316. The molecule has 0 aromatic carbocycles. The lowest BCUT2D eigenvalue weighted by molar-refractivity contribution is -0.119. The summed E-state index contributed by atoms with van der Waals surface area (Å²) in [7, 11) is 0. The number of rotatable bonds is 3. The molecule has 0 bridgehead atoms. The van der Waals surface area contributed by atoms with Crippen molar-refractivity contribution in [1.29, 1.82) is 0 Å². The van der Waals surface area contributed by atoms with Crippen LogP contribution in [-0.2, 0) is 9.59 Å². The molecule has 0 aromatic rings. The van der Waals surface area contributed by atoms with Gasteiger partial charge in [0, 0.05) is 5.57 Å². The molecular formula is C11H13NO2. The summed E-state index contributed by atoms with van der Waals surface area (Å²) >= 11 is 0. The van der Waals surface area contributed by atoms with E-state index in [-0.39, 0.29) is 11.4 Å². The zero-order valence-electron chi connectivity index (χ0n) is 8.12. The molecular weight excluding hydrogens is 178 g/mol. The summed E-state index contributed by atoms with van der Waals surface area (Å²) in [5.41, 5.74) is 5.81. The minimum Gasteiger partial charge on any atom is -0.365 e. The number of carbonyl (C=O) groups is 2. The van der Waals surface area contributed by atoms with Crippen molar-refractivity contribution in [1.82, 2.24) is 0 Å². The molecule has 0 aromatic heterocycles. The SMILES string of the molecule is C/C=C(\C(N)=O)C(=O)C1=CCC=CC1. The fourth-order valence-corrected chi connectivity index (χ4v) is 1.34. The number of primary amides is 1. The van der Waals surface area contributed by atoms with Gasteiger partial charge in [-0.2, -0.15) is 0 Å². The first-order valence-corrected chi connectivity index (χ1v) is 4.51.